The van der Waals surface area contributed by atoms with Crippen molar-refractivity contribution < 1.29 is 19.1 Å². The highest BCUT2D eigenvalue weighted by molar-refractivity contribution is 7.09. The molecule has 0 unspecified atom stereocenters. The maximum absolute atomic E-state index is 12.2. The molecule has 7 heteroatoms. The Morgan fingerprint density at radius 2 is 1.75 bits per heavy atom. The molecule has 3 aromatic rings. The van der Waals surface area contributed by atoms with E-state index in [0.29, 0.717) is 12.1 Å². The maximum Gasteiger partial charge on any atom is 0.325 e. The summed E-state index contributed by atoms with van der Waals surface area (Å²) in [6, 6.07) is 17.0. The Morgan fingerprint density at radius 1 is 0.929 bits per heavy atom. The molecule has 0 saturated heterocycles. The third-order valence-electron chi connectivity index (χ3n) is 4.04. The Labute approximate surface area is 166 Å². The van der Waals surface area contributed by atoms with Gasteiger partial charge < -0.3 is 15.4 Å². The largest absolute Gasteiger partial charge is 0.454 e. The summed E-state index contributed by atoms with van der Waals surface area (Å²) in [5.74, 6) is -1.41. The van der Waals surface area contributed by atoms with Crippen molar-refractivity contribution in [1.29, 1.82) is 0 Å². The fourth-order valence-corrected chi connectivity index (χ4v) is 3.32. The minimum absolute atomic E-state index is 0.297. The average Bonchev–Trinajstić information content (AvgIpc) is 3.23. The molecular weight excluding hydrogens is 376 g/mol. The molecule has 0 atom stereocenters. The maximum atomic E-state index is 12.2. The van der Waals surface area contributed by atoms with Gasteiger partial charge in [-0.15, -0.1) is 11.3 Å². The van der Waals surface area contributed by atoms with Crippen molar-refractivity contribution in [2.45, 2.75) is 6.42 Å². The Kier molecular flexibility index (Phi) is 6.75. The summed E-state index contributed by atoms with van der Waals surface area (Å²) in [5.41, 5.74) is 0.456. The lowest BCUT2D eigenvalue weighted by molar-refractivity contribution is -0.147. The minimum atomic E-state index is -0.664. The van der Waals surface area contributed by atoms with Crippen LogP contribution in [0, 0.1) is 0 Å². The second-order valence-corrected chi connectivity index (χ2v) is 7.12. The molecule has 0 aliphatic carbocycles. The van der Waals surface area contributed by atoms with Crippen LogP contribution in [-0.4, -0.2) is 37.5 Å². The standard InChI is InChI=1S/C21H20N2O4S/c24-19(22-10-9-18-6-3-11-28-18)14-27-20(25)13-23-21(26)17-8-7-15-4-1-2-5-16(15)12-17/h1-8,11-12H,9-10,13-14H2,(H,22,24)(H,23,26). The Balaban J connectivity index is 1.37. The van der Waals surface area contributed by atoms with Gasteiger partial charge in [0.2, 0.25) is 0 Å². The van der Waals surface area contributed by atoms with Crippen molar-refractivity contribution in [3.05, 3.63) is 70.4 Å². The number of esters is 1. The van der Waals surface area contributed by atoms with Crippen LogP contribution >= 0.6 is 11.3 Å². The van der Waals surface area contributed by atoms with Crippen LogP contribution in [0.1, 0.15) is 15.2 Å². The van der Waals surface area contributed by atoms with Crippen molar-refractivity contribution in [3.8, 4) is 0 Å². The summed E-state index contributed by atoms with van der Waals surface area (Å²) in [6.07, 6.45) is 0.735. The fourth-order valence-electron chi connectivity index (χ4n) is 2.61. The zero-order chi connectivity index (χ0) is 19.8. The molecule has 2 amide bonds. The van der Waals surface area contributed by atoms with Crippen LogP contribution in [0.15, 0.2) is 60.0 Å². The normalized spacial score (nSPS) is 10.4. The predicted octanol–water partition coefficient (Wildman–Crippen LogP) is 2.53. The van der Waals surface area contributed by atoms with E-state index < -0.39 is 5.97 Å². The molecule has 28 heavy (non-hydrogen) atoms. The summed E-state index contributed by atoms with van der Waals surface area (Å²) in [7, 11) is 0. The van der Waals surface area contributed by atoms with Crippen molar-refractivity contribution in [2.75, 3.05) is 19.7 Å². The zero-order valence-electron chi connectivity index (χ0n) is 15.1. The average molecular weight is 396 g/mol. The van der Waals surface area contributed by atoms with E-state index in [1.54, 1.807) is 23.5 Å². The predicted molar refractivity (Wildman–Crippen MR) is 108 cm³/mol. The van der Waals surface area contributed by atoms with Gasteiger partial charge in [0.25, 0.3) is 11.8 Å². The van der Waals surface area contributed by atoms with Crippen molar-refractivity contribution >= 4 is 39.9 Å². The number of amides is 2. The number of benzene rings is 2. The molecule has 0 spiro atoms. The second kappa shape index (κ2) is 9.66. The monoisotopic (exact) mass is 396 g/mol. The van der Waals surface area contributed by atoms with Crippen molar-refractivity contribution in [2.24, 2.45) is 0 Å². The first kappa shape index (κ1) is 19.6. The molecule has 1 heterocycles. The number of nitrogens with one attached hydrogen (secondary N) is 2. The molecule has 1 aromatic heterocycles. The smallest absolute Gasteiger partial charge is 0.325 e. The zero-order valence-corrected chi connectivity index (χ0v) is 16.0. The summed E-state index contributed by atoms with van der Waals surface area (Å²) < 4.78 is 4.89. The molecule has 144 valence electrons. The molecule has 0 bridgehead atoms. The van der Waals surface area contributed by atoms with E-state index in [4.69, 9.17) is 4.74 Å². The fraction of sp³-hybridized carbons (Fsp3) is 0.190. The molecule has 0 fully saturated rings. The van der Waals surface area contributed by atoms with Crippen LogP contribution in [-0.2, 0) is 20.7 Å². The molecule has 2 aromatic carbocycles. The number of fused-ring (bicyclic) bond motifs is 1. The van der Waals surface area contributed by atoms with Crippen molar-refractivity contribution in [3.63, 3.8) is 0 Å². The van der Waals surface area contributed by atoms with Gasteiger partial charge in [-0.05, 0) is 40.8 Å². The van der Waals surface area contributed by atoms with Gasteiger partial charge in [0.05, 0.1) is 0 Å². The number of carbonyl (C=O) groups is 3. The van der Waals surface area contributed by atoms with Gasteiger partial charge in [0.1, 0.15) is 6.54 Å². The minimum Gasteiger partial charge on any atom is -0.454 e. The van der Waals surface area contributed by atoms with E-state index in [0.717, 1.165) is 17.2 Å². The van der Waals surface area contributed by atoms with E-state index in [1.165, 1.54) is 4.88 Å². The third-order valence-corrected chi connectivity index (χ3v) is 4.98. The van der Waals surface area contributed by atoms with Crippen molar-refractivity contribution in [1.82, 2.24) is 10.6 Å². The number of ether oxygens (including phenoxy) is 1. The van der Waals surface area contributed by atoms with E-state index in [2.05, 4.69) is 10.6 Å². The molecule has 6 nitrogen and oxygen atoms in total. The Morgan fingerprint density at radius 3 is 2.54 bits per heavy atom. The van der Waals surface area contributed by atoms with E-state index in [9.17, 15) is 14.4 Å². The molecule has 0 aliphatic heterocycles. The topological polar surface area (TPSA) is 84.5 Å². The highest BCUT2D eigenvalue weighted by atomic mass is 32.1. The van der Waals surface area contributed by atoms with E-state index in [-0.39, 0.29) is 25.0 Å². The Hall–Kier alpha value is -3.19. The van der Waals surface area contributed by atoms with Crippen LogP contribution in [0.4, 0.5) is 0 Å². The molecular formula is C21H20N2O4S. The molecule has 0 radical (unpaired) electrons. The number of thiophene rings is 1. The molecule has 0 saturated carbocycles. The van der Waals surface area contributed by atoms with Gasteiger partial charge >= 0.3 is 5.97 Å². The van der Waals surface area contributed by atoms with Crippen LogP contribution < -0.4 is 10.6 Å². The van der Waals surface area contributed by atoms with Crippen LogP contribution in [0.25, 0.3) is 10.8 Å². The first-order valence-electron chi connectivity index (χ1n) is 8.83. The molecule has 2 N–H and O–H groups in total. The van der Waals surface area contributed by atoms with Gasteiger partial charge in [0, 0.05) is 17.0 Å². The summed E-state index contributed by atoms with van der Waals surface area (Å²) >= 11 is 1.62. The lowest BCUT2D eigenvalue weighted by Crippen LogP contribution is -2.34. The van der Waals surface area contributed by atoms with Gasteiger partial charge in [-0.25, -0.2) is 0 Å². The van der Waals surface area contributed by atoms with Gasteiger partial charge in [-0.3, -0.25) is 14.4 Å². The number of hydrogen-bond donors (Lipinski definition) is 2. The second-order valence-electron chi connectivity index (χ2n) is 6.08. The number of carbonyl (C=O) groups excluding carboxylic acids is 3. The van der Waals surface area contributed by atoms with Gasteiger partial charge in [-0.2, -0.15) is 0 Å². The molecule has 3 rings (SSSR count). The highest BCUT2D eigenvalue weighted by Crippen LogP contribution is 2.15. The number of hydrogen-bond acceptors (Lipinski definition) is 5. The quantitative estimate of drug-likeness (QED) is 0.573. The first-order valence-corrected chi connectivity index (χ1v) is 9.71. The SMILES string of the molecule is O=C(COC(=O)CNC(=O)c1ccc2ccccc2c1)NCCc1cccs1. The summed E-state index contributed by atoms with van der Waals surface area (Å²) in [6.45, 7) is -0.182. The third kappa shape index (κ3) is 5.65. The highest BCUT2D eigenvalue weighted by Gasteiger charge is 2.11. The number of rotatable bonds is 8. The summed E-state index contributed by atoms with van der Waals surface area (Å²) in [4.78, 5) is 36.8. The van der Waals surface area contributed by atoms with E-state index in [1.807, 2.05) is 47.8 Å². The first-order chi connectivity index (χ1) is 13.6. The lowest BCUT2D eigenvalue weighted by Gasteiger charge is -2.08. The van der Waals surface area contributed by atoms with Crippen LogP contribution in [0.3, 0.4) is 0 Å². The van der Waals surface area contributed by atoms with Gasteiger partial charge in [-0.1, -0.05) is 36.4 Å². The van der Waals surface area contributed by atoms with Gasteiger partial charge in [0.15, 0.2) is 6.61 Å². The Bertz CT molecular complexity index is 969. The van der Waals surface area contributed by atoms with Crippen LogP contribution in [0.5, 0.6) is 0 Å². The lowest BCUT2D eigenvalue weighted by atomic mass is 10.1. The van der Waals surface area contributed by atoms with E-state index >= 15 is 0 Å². The van der Waals surface area contributed by atoms with Crippen LogP contribution in [0.2, 0.25) is 0 Å². The molecule has 0 aliphatic rings. The summed E-state index contributed by atoms with van der Waals surface area (Å²) in [5, 5.41) is 9.14.